The van der Waals surface area contributed by atoms with Crippen molar-refractivity contribution in [1.82, 2.24) is 10.3 Å². The predicted octanol–water partition coefficient (Wildman–Crippen LogP) is 3.09. The molecule has 0 bridgehead atoms. The molecule has 0 aliphatic rings. The number of aromatic nitrogens is 1. The maximum Gasteiger partial charge on any atom is 0.165 e. The number of hydrogen-bond donors (Lipinski definition) is 1. The summed E-state index contributed by atoms with van der Waals surface area (Å²) in [4.78, 5) is 4.26. The molecule has 5 heteroatoms. The van der Waals surface area contributed by atoms with Crippen LogP contribution in [0.25, 0.3) is 0 Å². The monoisotopic (exact) mass is 290 g/mol. The molecule has 0 aliphatic heterocycles. The number of rotatable bonds is 6. The number of methoxy groups -OCH3 is 2. The molecule has 0 amide bonds. The van der Waals surface area contributed by atoms with Crippen LogP contribution in [0.1, 0.15) is 24.2 Å². The van der Waals surface area contributed by atoms with Gasteiger partial charge in [0.1, 0.15) is 5.75 Å². The van der Waals surface area contributed by atoms with Gasteiger partial charge < -0.3 is 14.8 Å². The van der Waals surface area contributed by atoms with Gasteiger partial charge in [0.25, 0.3) is 0 Å². The lowest BCUT2D eigenvalue weighted by molar-refractivity contribution is 0.385. The summed E-state index contributed by atoms with van der Waals surface area (Å²) in [6.07, 6.45) is 1.70. The summed E-state index contributed by atoms with van der Waals surface area (Å²) in [6.45, 7) is 2.55. The Balaban J connectivity index is 2.00. The molecular weight excluding hydrogens is 271 g/mol. The SMILES string of the molecule is COc1ccnc(CNC(C)c2ccc(OC)c(F)c2)c1. The highest BCUT2D eigenvalue weighted by Gasteiger charge is 2.09. The van der Waals surface area contributed by atoms with Crippen LogP contribution >= 0.6 is 0 Å². The van der Waals surface area contributed by atoms with Crippen molar-refractivity contribution in [2.24, 2.45) is 0 Å². The Bertz CT molecular complexity index is 605. The molecule has 21 heavy (non-hydrogen) atoms. The van der Waals surface area contributed by atoms with Crippen molar-refractivity contribution in [2.75, 3.05) is 14.2 Å². The third kappa shape index (κ3) is 3.92. The molecule has 1 N–H and O–H groups in total. The first kappa shape index (κ1) is 15.3. The van der Waals surface area contributed by atoms with Crippen LogP contribution in [0.4, 0.5) is 4.39 Å². The Morgan fingerprint density at radius 3 is 2.67 bits per heavy atom. The van der Waals surface area contributed by atoms with Crippen LogP contribution in [0.5, 0.6) is 11.5 Å². The van der Waals surface area contributed by atoms with Gasteiger partial charge in [0.05, 0.1) is 19.9 Å². The molecule has 2 rings (SSSR count). The molecule has 4 nitrogen and oxygen atoms in total. The molecule has 0 saturated carbocycles. The molecular formula is C16H19FN2O2. The summed E-state index contributed by atoms with van der Waals surface area (Å²) in [6, 6.07) is 8.62. The van der Waals surface area contributed by atoms with Crippen LogP contribution in [0.15, 0.2) is 36.5 Å². The third-order valence-corrected chi connectivity index (χ3v) is 3.29. The van der Waals surface area contributed by atoms with E-state index in [-0.39, 0.29) is 17.6 Å². The van der Waals surface area contributed by atoms with E-state index in [9.17, 15) is 4.39 Å². The number of halogens is 1. The quantitative estimate of drug-likeness (QED) is 0.888. The van der Waals surface area contributed by atoms with Crippen molar-refractivity contribution < 1.29 is 13.9 Å². The zero-order valence-electron chi connectivity index (χ0n) is 12.4. The highest BCUT2D eigenvalue weighted by molar-refractivity contribution is 5.31. The van der Waals surface area contributed by atoms with Crippen LogP contribution in [0.3, 0.4) is 0 Å². The maximum atomic E-state index is 13.7. The van der Waals surface area contributed by atoms with Gasteiger partial charge in [-0.1, -0.05) is 6.07 Å². The molecule has 1 heterocycles. The van der Waals surface area contributed by atoms with E-state index >= 15 is 0 Å². The van der Waals surface area contributed by atoms with Gasteiger partial charge in [0.2, 0.25) is 0 Å². The Morgan fingerprint density at radius 1 is 1.19 bits per heavy atom. The summed E-state index contributed by atoms with van der Waals surface area (Å²) >= 11 is 0. The van der Waals surface area contributed by atoms with Gasteiger partial charge >= 0.3 is 0 Å². The molecule has 0 saturated heterocycles. The van der Waals surface area contributed by atoms with Gasteiger partial charge in [-0.3, -0.25) is 4.98 Å². The average molecular weight is 290 g/mol. The summed E-state index contributed by atoms with van der Waals surface area (Å²) in [5.74, 6) is 0.661. The first-order valence-electron chi connectivity index (χ1n) is 6.69. The van der Waals surface area contributed by atoms with Crippen LogP contribution in [-0.4, -0.2) is 19.2 Å². The number of pyridine rings is 1. The van der Waals surface area contributed by atoms with Crippen molar-refractivity contribution in [3.05, 3.63) is 53.6 Å². The lowest BCUT2D eigenvalue weighted by Gasteiger charge is -2.15. The molecule has 1 aromatic heterocycles. The number of hydrogen-bond acceptors (Lipinski definition) is 4. The largest absolute Gasteiger partial charge is 0.497 e. The van der Waals surface area contributed by atoms with Gasteiger partial charge in [0, 0.05) is 24.8 Å². The molecule has 0 spiro atoms. The fourth-order valence-corrected chi connectivity index (χ4v) is 2.01. The topological polar surface area (TPSA) is 43.4 Å². The summed E-state index contributed by atoms with van der Waals surface area (Å²) in [7, 11) is 3.07. The average Bonchev–Trinajstić information content (AvgIpc) is 2.52. The molecule has 1 aromatic carbocycles. The predicted molar refractivity (Wildman–Crippen MR) is 79.0 cm³/mol. The van der Waals surface area contributed by atoms with Crippen molar-refractivity contribution in [1.29, 1.82) is 0 Å². The van der Waals surface area contributed by atoms with Crippen molar-refractivity contribution in [3.8, 4) is 11.5 Å². The number of nitrogens with zero attached hydrogens (tertiary/aromatic N) is 1. The van der Waals surface area contributed by atoms with Crippen LogP contribution < -0.4 is 14.8 Å². The highest BCUT2D eigenvalue weighted by atomic mass is 19.1. The highest BCUT2D eigenvalue weighted by Crippen LogP contribution is 2.22. The maximum absolute atomic E-state index is 13.7. The zero-order valence-corrected chi connectivity index (χ0v) is 12.4. The second kappa shape index (κ2) is 7.04. The van der Waals surface area contributed by atoms with Crippen molar-refractivity contribution in [2.45, 2.75) is 19.5 Å². The van der Waals surface area contributed by atoms with E-state index in [1.54, 1.807) is 25.4 Å². The Morgan fingerprint density at radius 2 is 2.00 bits per heavy atom. The van der Waals surface area contributed by atoms with Gasteiger partial charge in [-0.05, 0) is 30.7 Å². The Hall–Kier alpha value is -2.14. The minimum atomic E-state index is -0.358. The third-order valence-electron chi connectivity index (χ3n) is 3.29. The van der Waals surface area contributed by atoms with E-state index in [0.29, 0.717) is 6.54 Å². The molecule has 0 radical (unpaired) electrons. The van der Waals surface area contributed by atoms with E-state index in [1.807, 2.05) is 19.1 Å². The Kier molecular flexibility index (Phi) is 5.11. The van der Waals surface area contributed by atoms with Crippen LogP contribution in [-0.2, 0) is 6.54 Å². The van der Waals surface area contributed by atoms with Crippen LogP contribution in [0, 0.1) is 5.82 Å². The zero-order chi connectivity index (χ0) is 15.2. The minimum absolute atomic E-state index is 0.00147. The van der Waals surface area contributed by atoms with Crippen molar-refractivity contribution in [3.63, 3.8) is 0 Å². The minimum Gasteiger partial charge on any atom is -0.497 e. The molecule has 1 unspecified atom stereocenters. The molecule has 1 atom stereocenters. The second-order valence-electron chi connectivity index (χ2n) is 4.68. The van der Waals surface area contributed by atoms with E-state index in [4.69, 9.17) is 9.47 Å². The van der Waals surface area contributed by atoms with Gasteiger partial charge in [0.15, 0.2) is 11.6 Å². The van der Waals surface area contributed by atoms with E-state index in [2.05, 4.69) is 10.3 Å². The fraction of sp³-hybridized carbons (Fsp3) is 0.312. The van der Waals surface area contributed by atoms with Gasteiger partial charge in [-0.15, -0.1) is 0 Å². The smallest absolute Gasteiger partial charge is 0.165 e. The lowest BCUT2D eigenvalue weighted by atomic mass is 10.1. The van der Waals surface area contributed by atoms with Crippen LogP contribution in [0.2, 0.25) is 0 Å². The van der Waals surface area contributed by atoms with E-state index in [1.165, 1.54) is 13.2 Å². The molecule has 112 valence electrons. The second-order valence-corrected chi connectivity index (χ2v) is 4.68. The number of ether oxygens (including phenoxy) is 2. The number of benzene rings is 1. The fourth-order valence-electron chi connectivity index (χ4n) is 2.01. The lowest BCUT2D eigenvalue weighted by Crippen LogP contribution is -2.19. The van der Waals surface area contributed by atoms with E-state index in [0.717, 1.165) is 17.0 Å². The van der Waals surface area contributed by atoms with E-state index < -0.39 is 0 Å². The number of nitrogens with one attached hydrogen (secondary N) is 1. The normalized spacial score (nSPS) is 12.0. The molecule has 2 aromatic rings. The first-order valence-corrected chi connectivity index (χ1v) is 6.69. The summed E-state index contributed by atoms with van der Waals surface area (Å²) in [5.41, 5.74) is 1.73. The Labute approximate surface area is 123 Å². The molecule has 0 aliphatic carbocycles. The van der Waals surface area contributed by atoms with Crippen molar-refractivity contribution >= 4 is 0 Å². The van der Waals surface area contributed by atoms with Gasteiger partial charge in [-0.25, -0.2) is 4.39 Å². The summed E-state index contributed by atoms with van der Waals surface area (Å²) < 4.78 is 23.8. The molecule has 0 fully saturated rings. The van der Waals surface area contributed by atoms with Gasteiger partial charge in [-0.2, -0.15) is 0 Å². The summed E-state index contributed by atoms with van der Waals surface area (Å²) in [5, 5.41) is 3.31. The first-order chi connectivity index (χ1) is 10.1. The standard InChI is InChI=1S/C16H19FN2O2/c1-11(12-4-5-16(21-3)15(17)8-12)19-10-13-9-14(20-2)6-7-18-13/h4-9,11,19H,10H2,1-3H3.